The van der Waals surface area contributed by atoms with E-state index in [0.717, 1.165) is 16.3 Å². The second-order valence-electron chi connectivity index (χ2n) is 5.70. The average molecular weight is 317 g/mol. The molecule has 0 bridgehead atoms. The van der Waals surface area contributed by atoms with Crippen molar-refractivity contribution in [1.29, 1.82) is 0 Å². The summed E-state index contributed by atoms with van der Waals surface area (Å²) < 4.78 is 0. The Labute approximate surface area is 141 Å². The highest BCUT2D eigenvalue weighted by Gasteiger charge is 2.09. The minimum Gasteiger partial charge on any atom is -0.352 e. The summed E-state index contributed by atoms with van der Waals surface area (Å²) in [5.74, 6) is -0.108. The van der Waals surface area contributed by atoms with E-state index >= 15 is 0 Å². The largest absolute Gasteiger partial charge is 0.352 e. The highest BCUT2D eigenvalue weighted by atomic mass is 16.2. The third kappa shape index (κ3) is 3.87. The van der Waals surface area contributed by atoms with E-state index in [-0.39, 0.29) is 24.5 Å². The predicted molar refractivity (Wildman–Crippen MR) is 95.8 cm³/mol. The Morgan fingerprint density at radius 1 is 0.750 bits per heavy atom. The molecule has 3 aromatic rings. The topological polar surface area (TPSA) is 46.2 Å². The van der Waals surface area contributed by atoms with Crippen molar-refractivity contribution in [3.63, 3.8) is 0 Å². The fourth-order valence-electron chi connectivity index (χ4n) is 2.72. The molecule has 3 nitrogen and oxygen atoms in total. The molecule has 3 rings (SSSR count). The second-order valence-corrected chi connectivity index (χ2v) is 5.70. The van der Waals surface area contributed by atoms with Gasteiger partial charge in [-0.05, 0) is 16.3 Å². The number of nitrogens with one attached hydrogen (secondary N) is 1. The van der Waals surface area contributed by atoms with Crippen LogP contribution in [0.4, 0.5) is 0 Å². The van der Waals surface area contributed by atoms with Crippen LogP contribution in [0.3, 0.4) is 0 Å². The highest BCUT2D eigenvalue weighted by molar-refractivity contribution is 5.97. The van der Waals surface area contributed by atoms with Gasteiger partial charge in [0, 0.05) is 24.9 Å². The molecule has 0 spiro atoms. The van der Waals surface area contributed by atoms with E-state index in [4.69, 9.17) is 0 Å². The molecule has 120 valence electrons. The first-order valence-corrected chi connectivity index (χ1v) is 8.05. The Morgan fingerprint density at radius 2 is 1.46 bits per heavy atom. The maximum Gasteiger partial charge on any atom is 0.220 e. The zero-order chi connectivity index (χ0) is 16.8. The minimum absolute atomic E-state index is 0.00379. The van der Waals surface area contributed by atoms with Crippen molar-refractivity contribution < 1.29 is 9.59 Å². The van der Waals surface area contributed by atoms with Gasteiger partial charge in [0.05, 0.1) is 0 Å². The maximum absolute atomic E-state index is 12.0. The van der Waals surface area contributed by atoms with E-state index in [0.29, 0.717) is 12.1 Å². The Morgan fingerprint density at radius 3 is 2.29 bits per heavy atom. The van der Waals surface area contributed by atoms with Gasteiger partial charge in [-0.3, -0.25) is 9.59 Å². The van der Waals surface area contributed by atoms with Crippen LogP contribution in [0, 0.1) is 0 Å². The third-order valence-electron chi connectivity index (χ3n) is 4.03. The second kappa shape index (κ2) is 7.55. The number of amides is 1. The van der Waals surface area contributed by atoms with Gasteiger partial charge in [-0.1, -0.05) is 72.8 Å². The van der Waals surface area contributed by atoms with Crippen LogP contribution in [0.25, 0.3) is 10.8 Å². The molecule has 0 saturated carbocycles. The standard InChI is InChI=1S/C21H19NO2/c23-20(17-8-2-1-3-9-17)13-14-21(24)22-15-18-11-6-10-16-7-4-5-12-19(16)18/h1-12H,13-15H2,(H,22,24). The van der Waals surface area contributed by atoms with E-state index in [9.17, 15) is 9.59 Å². The summed E-state index contributed by atoms with van der Waals surface area (Å²) in [5.41, 5.74) is 1.73. The van der Waals surface area contributed by atoms with Crippen molar-refractivity contribution in [3.8, 4) is 0 Å². The summed E-state index contributed by atoms with van der Waals surface area (Å²) >= 11 is 0. The molecule has 0 aliphatic heterocycles. The lowest BCUT2D eigenvalue weighted by molar-refractivity contribution is -0.121. The van der Waals surface area contributed by atoms with Crippen LogP contribution in [-0.4, -0.2) is 11.7 Å². The first-order valence-electron chi connectivity index (χ1n) is 8.05. The van der Waals surface area contributed by atoms with E-state index in [1.807, 2.05) is 42.5 Å². The molecule has 0 aliphatic rings. The first-order chi connectivity index (χ1) is 11.7. The lowest BCUT2D eigenvalue weighted by atomic mass is 10.0. The summed E-state index contributed by atoms with van der Waals surface area (Å²) in [6.07, 6.45) is 0.434. The molecule has 0 atom stereocenters. The normalized spacial score (nSPS) is 10.5. The molecule has 0 heterocycles. The molecule has 3 aromatic carbocycles. The molecule has 0 aliphatic carbocycles. The van der Waals surface area contributed by atoms with Gasteiger partial charge in [-0.15, -0.1) is 0 Å². The van der Waals surface area contributed by atoms with Crippen molar-refractivity contribution in [2.24, 2.45) is 0 Å². The number of carbonyl (C=O) groups is 2. The quantitative estimate of drug-likeness (QED) is 0.695. The maximum atomic E-state index is 12.0. The molecule has 0 radical (unpaired) electrons. The Bertz CT molecular complexity index is 851. The minimum atomic E-state index is -0.104. The van der Waals surface area contributed by atoms with Crippen LogP contribution in [0.15, 0.2) is 72.8 Å². The number of benzene rings is 3. The van der Waals surface area contributed by atoms with Crippen LogP contribution in [-0.2, 0) is 11.3 Å². The molecular weight excluding hydrogens is 298 g/mol. The van der Waals surface area contributed by atoms with Crippen LogP contribution in [0.2, 0.25) is 0 Å². The number of hydrogen-bond donors (Lipinski definition) is 1. The summed E-state index contributed by atoms with van der Waals surface area (Å²) in [4.78, 5) is 24.0. The zero-order valence-corrected chi connectivity index (χ0v) is 13.4. The fourth-order valence-corrected chi connectivity index (χ4v) is 2.72. The molecule has 0 saturated heterocycles. The smallest absolute Gasteiger partial charge is 0.220 e. The Hall–Kier alpha value is -2.94. The summed E-state index contributed by atoms with van der Waals surface area (Å²) in [6.45, 7) is 0.472. The fraction of sp³-hybridized carbons (Fsp3) is 0.143. The predicted octanol–water partition coefficient (Wildman–Crippen LogP) is 4.12. The Balaban J connectivity index is 1.55. The molecule has 1 amide bonds. The Kier molecular flexibility index (Phi) is 5.02. The first kappa shape index (κ1) is 15.9. The average Bonchev–Trinajstić information content (AvgIpc) is 2.65. The summed E-state index contributed by atoms with van der Waals surface area (Å²) in [7, 11) is 0. The molecule has 0 unspecified atom stereocenters. The molecule has 0 fully saturated rings. The van der Waals surface area contributed by atoms with Gasteiger partial charge in [0.2, 0.25) is 5.91 Å². The molecule has 24 heavy (non-hydrogen) atoms. The number of Topliss-reactive ketones (excluding diaryl/α,β-unsaturated/α-hetero) is 1. The lowest BCUT2D eigenvalue weighted by Crippen LogP contribution is -2.23. The van der Waals surface area contributed by atoms with Gasteiger partial charge in [0.1, 0.15) is 0 Å². The van der Waals surface area contributed by atoms with Gasteiger partial charge in [-0.25, -0.2) is 0 Å². The molecular formula is C21H19NO2. The summed E-state index contributed by atoms with van der Waals surface area (Å²) in [5, 5.41) is 5.20. The van der Waals surface area contributed by atoms with Gasteiger partial charge in [-0.2, -0.15) is 0 Å². The SMILES string of the molecule is O=C(CCC(=O)c1ccccc1)NCc1cccc2ccccc12. The van der Waals surface area contributed by atoms with Gasteiger partial charge >= 0.3 is 0 Å². The number of ketones is 1. The molecule has 0 aromatic heterocycles. The summed E-state index contributed by atoms with van der Waals surface area (Å²) in [6, 6.07) is 23.2. The van der Waals surface area contributed by atoms with Crippen LogP contribution in [0.1, 0.15) is 28.8 Å². The van der Waals surface area contributed by atoms with E-state index < -0.39 is 0 Å². The molecule has 1 N–H and O–H groups in total. The molecule has 3 heteroatoms. The third-order valence-corrected chi connectivity index (χ3v) is 4.03. The van der Waals surface area contributed by atoms with Crippen molar-refractivity contribution in [1.82, 2.24) is 5.32 Å². The van der Waals surface area contributed by atoms with Gasteiger partial charge in [0.15, 0.2) is 5.78 Å². The van der Waals surface area contributed by atoms with Crippen molar-refractivity contribution in [2.45, 2.75) is 19.4 Å². The number of rotatable bonds is 6. The lowest BCUT2D eigenvalue weighted by Gasteiger charge is -2.08. The van der Waals surface area contributed by atoms with E-state index in [2.05, 4.69) is 23.5 Å². The zero-order valence-electron chi connectivity index (χ0n) is 13.4. The van der Waals surface area contributed by atoms with Crippen molar-refractivity contribution >= 4 is 22.5 Å². The van der Waals surface area contributed by atoms with E-state index in [1.54, 1.807) is 12.1 Å². The van der Waals surface area contributed by atoms with Gasteiger partial charge < -0.3 is 5.32 Å². The van der Waals surface area contributed by atoms with Gasteiger partial charge in [0.25, 0.3) is 0 Å². The number of carbonyl (C=O) groups excluding carboxylic acids is 2. The van der Waals surface area contributed by atoms with E-state index in [1.165, 1.54) is 0 Å². The number of hydrogen-bond acceptors (Lipinski definition) is 2. The van der Waals surface area contributed by atoms with Crippen molar-refractivity contribution in [2.75, 3.05) is 0 Å². The van der Waals surface area contributed by atoms with Crippen LogP contribution >= 0.6 is 0 Å². The van der Waals surface area contributed by atoms with Crippen LogP contribution in [0.5, 0.6) is 0 Å². The van der Waals surface area contributed by atoms with Crippen molar-refractivity contribution in [3.05, 3.63) is 83.9 Å². The van der Waals surface area contributed by atoms with Crippen LogP contribution < -0.4 is 5.32 Å². The highest BCUT2D eigenvalue weighted by Crippen LogP contribution is 2.18. The number of fused-ring (bicyclic) bond motifs is 1. The monoisotopic (exact) mass is 317 g/mol.